The zero-order chi connectivity index (χ0) is 13.6. The summed E-state index contributed by atoms with van der Waals surface area (Å²) in [5, 5.41) is 3.15. The molecule has 0 aromatic heterocycles. The maximum absolute atomic E-state index is 12.0. The van der Waals surface area contributed by atoms with E-state index in [-0.39, 0.29) is 35.9 Å². The first-order chi connectivity index (χ1) is 8.94. The topological polar surface area (TPSA) is 64.4 Å². The maximum atomic E-state index is 12.0. The number of nitrogens with one attached hydrogen (secondary N) is 1. The lowest BCUT2D eigenvalue weighted by Gasteiger charge is -2.38. The SMILES string of the molecule is CC1(C)CC(NC(=O)C2CC2)c2cc(N)ccc2O1.Cl. The summed E-state index contributed by atoms with van der Waals surface area (Å²) < 4.78 is 5.96. The number of anilines is 1. The quantitative estimate of drug-likeness (QED) is 0.825. The van der Waals surface area contributed by atoms with Gasteiger partial charge in [0.05, 0.1) is 6.04 Å². The monoisotopic (exact) mass is 296 g/mol. The molecule has 1 unspecified atom stereocenters. The molecule has 1 aromatic rings. The van der Waals surface area contributed by atoms with Crippen molar-refractivity contribution in [3.05, 3.63) is 23.8 Å². The van der Waals surface area contributed by atoms with E-state index in [1.807, 2.05) is 32.0 Å². The lowest BCUT2D eigenvalue weighted by molar-refractivity contribution is -0.123. The Balaban J connectivity index is 0.00000147. The highest BCUT2D eigenvalue weighted by Gasteiger charge is 2.37. The van der Waals surface area contributed by atoms with Gasteiger partial charge in [-0.25, -0.2) is 0 Å². The van der Waals surface area contributed by atoms with Gasteiger partial charge in [-0.15, -0.1) is 12.4 Å². The van der Waals surface area contributed by atoms with Gasteiger partial charge in [0.2, 0.25) is 5.91 Å². The number of benzene rings is 1. The Bertz CT molecular complexity index is 527. The number of nitrogen functional groups attached to an aromatic ring is 1. The second-order valence-corrected chi connectivity index (χ2v) is 6.20. The third kappa shape index (κ3) is 3.01. The molecule has 1 aliphatic carbocycles. The molecule has 3 N–H and O–H groups in total. The molecular formula is C15H21ClN2O2. The highest BCUT2D eigenvalue weighted by molar-refractivity contribution is 5.85. The molecule has 0 radical (unpaired) electrons. The minimum absolute atomic E-state index is 0. The fraction of sp³-hybridized carbons (Fsp3) is 0.533. The Hall–Kier alpha value is -1.42. The molecule has 0 spiro atoms. The molecule has 0 saturated heterocycles. The van der Waals surface area contributed by atoms with Crippen LogP contribution in [-0.4, -0.2) is 11.5 Å². The summed E-state index contributed by atoms with van der Waals surface area (Å²) in [4.78, 5) is 12.0. The van der Waals surface area contributed by atoms with Crippen LogP contribution in [0.4, 0.5) is 5.69 Å². The third-order valence-corrected chi connectivity index (χ3v) is 3.76. The molecule has 1 atom stereocenters. The van der Waals surface area contributed by atoms with Gasteiger partial charge in [0, 0.05) is 23.6 Å². The molecule has 4 nitrogen and oxygen atoms in total. The van der Waals surface area contributed by atoms with E-state index in [1.165, 1.54) is 0 Å². The maximum Gasteiger partial charge on any atom is 0.223 e. The molecule has 1 saturated carbocycles. The van der Waals surface area contributed by atoms with Crippen LogP contribution in [0.2, 0.25) is 0 Å². The minimum atomic E-state index is -0.273. The zero-order valence-corrected chi connectivity index (χ0v) is 12.6. The summed E-state index contributed by atoms with van der Waals surface area (Å²) in [6, 6.07) is 5.62. The van der Waals surface area contributed by atoms with E-state index in [1.54, 1.807) is 0 Å². The van der Waals surface area contributed by atoms with Crippen LogP contribution < -0.4 is 15.8 Å². The molecule has 110 valence electrons. The van der Waals surface area contributed by atoms with Gasteiger partial charge in [-0.1, -0.05) is 0 Å². The molecule has 1 fully saturated rings. The van der Waals surface area contributed by atoms with Crippen LogP contribution >= 0.6 is 12.4 Å². The van der Waals surface area contributed by atoms with Gasteiger partial charge in [0.25, 0.3) is 0 Å². The van der Waals surface area contributed by atoms with E-state index >= 15 is 0 Å². The Morgan fingerprint density at radius 1 is 1.40 bits per heavy atom. The largest absolute Gasteiger partial charge is 0.487 e. The first-order valence-corrected chi connectivity index (χ1v) is 6.83. The van der Waals surface area contributed by atoms with Gasteiger partial charge < -0.3 is 15.8 Å². The van der Waals surface area contributed by atoms with Crippen molar-refractivity contribution >= 4 is 24.0 Å². The first kappa shape index (κ1) is 15.0. The summed E-state index contributed by atoms with van der Waals surface area (Å²) in [5.41, 5.74) is 7.27. The highest BCUT2D eigenvalue weighted by Crippen LogP contribution is 2.41. The standard InChI is InChI=1S/C15H20N2O2.ClH/c1-15(2)8-12(17-14(18)9-3-4-9)11-7-10(16)5-6-13(11)19-15;/h5-7,9,12H,3-4,8,16H2,1-2H3,(H,17,18);1H. The number of hydrogen-bond donors (Lipinski definition) is 2. The van der Waals surface area contributed by atoms with E-state index in [0.717, 1.165) is 30.6 Å². The van der Waals surface area contributed by atoms with Crippen LogP contribution in [0.1, 0.15) is 44.7 Å². The van der Waals surface area contributed by atoms with Crippen molar-refractivity contribution in [2.45, 2.75) is 44.8 Å². The number of nitrogens with two attached hydrogens (primary N) is 1. The predicted octanol–water partition coefficient (Wildman–Crippen LogP) is 2.82. The molecule has 1 aliphatic heterocycles. The number of carbonyl (C=O) groups excluding carboxylic acids is 1. The molecular weight excluding hydrogens is 276 g/mol. The van der Waals surface area contributed by atoms with Gasteiger partial charge in [0.1, 0.15) is 11.4 Å². The number of rotatable bonds is 2. The summed E-state index contributed by atoms with van der Waals surface area (Å²) in [7, 11) is 0. The smallest absolute Gasteiger partial charge is 0.223 e. The highest BCUT2D eigenvalue weighted by atomic mass is 35.5. The minimum Gasteiger partial charge on any atom is -0.487 e. The molecule has 0 bridgehead atoms. The van der Waals surface area contributed by atoms with Crippen molar-refractivity contribution < 1.29 is 9.53 Å². The lowest BCUT2D eigenvalue weighted by atomic mass is 9.89. The average molecular weight is 297 g/mol. The normalized spacial score (nSPS) is 23.0. The summed E-state index contributed by atoms with van der Waals surface area (Å²) in [6.07, 6.45) is 2.80. The van der Waals surface area contributed by atoms with Crippen molar-refractivity contribution in [2.24, 2.45) is 5.92 Å². The van der Waals surface area contributed by atoms with Crippen LogP contribution in [0, 0.1) is 5.92 Å². The second kappa shape index (κ2) is 5.17. The number of hydrogen-bond acceptors (Lipinski definition) is 3. The molecule has 3 rings (SSSR count). The zero-order valence-electron chi connectivity index (χ0n) is 11.8. The number of halogens is 1. The number of ether oxygens (including phenoxy) is 1. The number of carbonyl (C=O) groups is 1. The molecule has 20 heavy (non-hydrogen) atoms. The van der Waals surface area contributed by atoms with Gasteiger partial charge in [-0.05, 0) is 44.9 Å². The van der Waals surface area contributed by atoms with Crippen molar-refractivity contribution in [3.63, 3.8) is 0 Å². The van der Waals surface area contributed by atoms with Crippen molar-refractivity contribution in [2.75, 3.05) is 5.73 Å². The van der Waals surface area contributed by atoms with Gasteiger partial charge in [0.15, 0.2) is 0 Å². The van der Waals surface area contributed by atoms with Crippen molar-refractivity contribution in [1.29, 1.82) is 0 Å². The second-order valence-electron chi connectivity index (χ2n) is 6.20. The van der Waals surface area contributed by atoms with E-state index in [2.05, 4.69) is 5.32 Å². The van der Waals surface area contributed by atoms with E-state index in [9.17, 15) is 4.79 Å². The van der Waals surface area contributed by atoms with Crippen LogP contribution in [0.5, 0.6) is 5.75 Å². The fourth-order valence-electron chi connectivity index (χ4n) is 2.64. The van der Waals surface area contributed by atoms with Crippen LogP contribution in [0.25, 0.3) is 0 Å². The van der Waals surface area contributed by atoms with Crippen molar-refractivity contribution in [1.82, 2.24) is 5.32 Å². The van der Waals surface area contributed by atoms with Crippen LogP contribution in [0.3, 0.4) is 0 Å². The Morgan fingerprint density at radius 3 is 2.75 bits per heavy atom. The average Bonchev–Trinajstić information content (AvgIpc) is 3.13. The Morgan fingerprint density at radius 2 is 2.10 bits per heavy atom. The molecule has 1 aromatic carbocycles. The number of fused-ring (bicyclic) bond motifs is 1. The summed E-state index contributed by atoms with van der Waals surface area (Å²) in [5.74, 6) is 1.21. The van der Waals surface area contributed by atoms with Crippen molar-refractivity contribution in [3.8, 4) is 5.75 Å². The van der Waals surface area contributed by atoms with Crippen LogP contribution in [0.15, 0.2) is 18.2 Å². The number of amides is 1. The molecule has 1 amide bonds. The lowest BCUT2D eigenvalue weighted by Crippen LogP contribution is -2.41. The predicted molar refractivity (Wildman–Crippen MR) is 81.0 cm³/mol. The molecule has 1 heterocycles. The summed E-state index contributed by atoms with van der Waals surface area (Å²) >= 11 is 0. The van der Waals surface area contributed by atoms with E-state index in [4.69, 9.17) is 10.5 Å². The Labute approximate surface area is 125 Å². The molecule has 2 aliphatic rings. The fourth-order valence-corrected chi connectivity index (χ4v) is 2.64. The van der Waals surface area contributed by atoms with Crippen LogP contribution in [-0.2, 0) is 4.79 Å². The third-order valence-electron chi connectivity index (χ3n) is 3.76. The van der Waals surface area contributed by atoms with Gasteiger partial charge in [-0.2, -0.15) is 0 Å². The summed E-state index contributed by atoms with van der Waals surface area (Å²) in [6.45, 7) is 4.09. The van der Waals surface area contributed by atoms with E-state index in [0.29, 0.717) is 5.69 Å². The van der Waals surface area contributed by atoms with Gasteiger partial charge >= 0.3 is 0 Å². The molecule has 5 heteroatoms. The van der Waals surface area contributed by atoms with Gasteiger partial charge in [-0.3, -0.25) is 4.79 Å². The van der Waals surface area contributed by atoms with E-state index < -0.39 is 0 Å². The first-order valence-electron chi connectivity index (χ1n) is 6.83. The Kier molecular flexibility index (Phi) is 3.87.